The monoisotopic (exact) mass is 483 g/mol. The number of rotatable bonds is 8. The van der Waals surface area contributed by atoms with Crippen LogP contribution in [0.1, 0.15) is 41.0 Å². The van der Waals surface area contributed by atoms with E-state index in [1.54, 1.807) is 18.0 Å². The summed E-state index contributed by atoms with van der Waals surface area (Å²) in [4.78, 5) is 33.7. The van der Waals surface area contributed by atoms with Gasteiger partial charge in [-0.1, -0.05) is 0 Å². The first kappa shape index (κ1) is 22.6. The van der Waals surface area contributed by atoms with Gasteiger partial charge < -0.3 is 15.1 Å². The SMILES string of the molecule is CN1Cc2nc(CC(=O)C3CC3)cc(Nc3ccc(N4CCC4)cc3N(C)S(C)(=O)=O)c2C1=O. The second-order valence-corrected chi connectivity index (χ2v) is 11.5. The lowest BCUT2D eigenvalue weighted by molar-refractivity contribution is -0.119. The maximum atomic E-state index is 12.9. The molecule has 0 unspecified atom stereocenters. The lowest BCUT2D eigenvalue weighted by atomic mass is 10.1. The molecule has 0 radical (unpaired) electrons. The van der Waals surface area contributed by atoms with Gasteiger partial charge in [-0.3, -0.25) is 18.9 Å². The van der Waals surface area contributed by atoms with Crippen molar-refractivity contribution in [2.45, 2.75) is 32.2 Å². The number of benzene rings is 1. The predicted octanol–water partition coefficient (Wildman–Crippen LogP) is 2.54. The fraction of sp³-hybridized carbons (Fsp3) is 0.458. The Morgan fingerprint density at radius 2 is 1.94 bits per heavy atom. The molecule has 9 nitrogen and oxygen atoms in total. The summed E-state index contributed by atoms with van der Waals surface area (Å²) in [5.41, 5.74) is 4.26. The van der Waals surface area contributed by atoms with Crippen molar-refractivity contribution in [2.24, 2.45) is 5.92 Å². The Bertz CT molecular complexity index is 1280. The van der Waals surface area contributed by atoms with Crippen LogP contribution in [-0.4, -0.2) is 63.4 Å². The number of ketones is 1. The summed E-state index contributed by atoms with van der Waals surface area (Å²) in [5, 5.41) is 3.31. The third-order valence-corrected chi connectivity index (χ3v) is 7.98. The summed E-state index contributed by atoms with van der Waals surface area (Å²) >= 11 is 0. The molecule has 1 aromatic carbocycles. The Morgan fingerprint density at radius 3 is 2.56 bits per heavy atom. The van der Waals surface area contributed by atoms with Crippen molar-refractivity contribution in [1.82, 2.24) is 9.88 Å². The summed E-state index contributed by atoms with van der Waals surface area (Å²) < 4.78 is 26.1. The van der Waals surface area contributed by atoms with Gasteiger partial charge in [-0.05, 0) is 43.5 Å². The zero-order valence-corrected chi connectivity index (χ0v) is 20.5. The fourth-order valence-electron chi connectivity index (χ4n) is 4.39. The van der Waals surface area contributed by atoms with Crippen LogP contribution in [0.15, 0.2) is 24.3 Å². The number of carbonyl (C=O) groups excluding carboxylic acids is 2. The average Bonchev–Trinajstić information content (AvgIpc) is 3.53. The van der Waals surface area contributed by atoms with Crippen LogP contribution in [0, 0.1) is 5.92 Å². The second kappa shape index (κ2) is 8.26. The number of amides is 1. The Morgan fingerprint density at radius 1 is 1.21 bits per heavy atom. The van der Waals surface area contributed by atoms with E-state index in [4.69, 9.17) is 0 Å². The highest BCUT2D eigenvalue weighted by molar-refractivity contribution is 7.92. The molecule has 1 saturated carbocycles. The summed E-state index contributed by atoms with van der Waals surface area (Å²) in [6, 6.07) is 7.41. The highest BCUT2D eigenvalue weighted by Crippen LogP contribution is 2.38. The third kappa shape index (κ3) is 4.22. The Labute approximate surface area is 199 Å². The first-order chi connectivity index (χ1) is 16.1. The molecule has 34 heavy (non-hydrogen) atoms. The van der Waals surface area contributed by atoms with Crippen LogP contribution in [0.3, 0.4) is 0 Å². The van der Waals surface area contributed by atoms with Crippen LogP contribution in [0.2, 0.25) is 0 Å². The first-order valence-electron chi connectivity index (χ1n) is 11.5. The van der Waals surface area contributed by atoms with Crippen LogP contribution in [0.25, 0.3) is 0 Å². The molecule has 0 spiro atoms. The van der Waals surface area contributed by atoms with Gasteiger partial charge in [-0.15, -0.1) is 0 Å². The van der Waals surface area contributed by atoms with Gasteiger partial charge in [0.15, 0.2) is 0 Å². The first-order valence-corrected chi connectivity index (χ1v) is 13.4. The van der Waals surface area contributed by atoms with Crippen molar-refractivity contribution in [3.05, 3.63) is 41.2 Å². The van der Waals surface area contributed by atoms with E-state index in [1.165, 1.54) is 11.4 Å². The summed E-state index contributed by atoms with van der Waals surface area (Å²) in [7, 11) is -0.282. The van der Waals surface area contributed by atoms with Crippen LogP contribution >= 0.6 is 0 Å². The second-order valence-electron chi connectivity index (χ2n) is 9.46. The van der Waals surface area contributed by atoms with Gasteiger partial charge in [0.2, 0.25) is 10.0 Å². The fourth-order valence-corrected chi connectivity index (χ4v) is 4.90. The van der Waals surface area contributed by atoms with Gasteiger partial charge >= 0.3 is 0 Å². The van der Waals surface area contributed by atoms with E-state index in [9.17, 15) is 18.0 Å². The molecule has 10 heteroatoms. The number of Topliss-reactive ketones (excluding diaryl/α,β-unsaturated/α-hetero) is 1. The van der Waals surface area contributed by atoms with Crippen molar-refractivity contribution >= 4 is 44.5 Å². The number of hydrogen-bond donors (Lipinski definition) is 1. The average molecular weight is 484 g/mol. The Kier molecular flexibility index (Phi) is 5.50. The minimum absolute atomic E-state index is 0.125. The minimum Gasteiger partial charge on any atom is -0.371 e. The van der Waals surface area contributed by atoms with Crippen molar-refractivity contribution in [1.29, 1.82) is 0 Å². The summed E-state index contributed by atoms with van der Waals surface area (Å²) in [6.07, 6.45) is 4.37. The number of fused-ring (bicyclic) bond motifs is 1. The lowest BCUT2D eigenvalue weighted by Crippen LogP contribution is -2.37. The number of anilines is 4. The third-order valence-electron chi connectivity index (χ3n) is 6.79. The van der Waals surface area contributed by atoms with E-state index >= 15 is 0 Å². The van der Waals surface area contributed by atoms with E-state index in [0.717, 1.165) is 44.3 Å². The molecule has 2 fully saturated rings. The minimum atomic E-state index is -3.52. The van der Waals surface area contributed by atoms with Gasteiger partial charge in [0.25, 0.3) is 5.91 Å². The molecule has 1 aliphatic carbocycles. The molecule has 1 saturated heterocycles. The number of sulfonamides is 1. The van der Waals surface area contributed by atoms with Crippen molar-refractivity contribution in [3.8, 4) is 0 Å². The van der Waals surface area contributed by atoms with Crippen molar-refractivity contribution in [3.63, 3.8) is 0 Å². The number of nitrogens with one attached hydrogen (secondary N) is 1. The molecule has 1 N–H and O–H groups in total. The van der Waals surface area contributed by atoms with Crippen molar-refractivity contribution < 1.29 is 18.0 Å². The number of carbonyl (C=O) groups is 2. The van der Waals surface area contributed by atoms with Gasteiger partial charge in [-0.2, -0.15) is 0 Å². The Balaban J connectivity index is 1.56. The standard InChI is InChI=1S/C24H29N5O4S/c1-27-14-20-23(24(27)31)19(11-16(25-20)12-22(30)15-5-6-15)26-18-8-7-17(29-9-4-10-29)13-21(18)28(2)34(3,32)33/h7-8,11,13,15H,4-6,9-10,12,14H2,1-3H3,(H,25,26). The normalized spacial score (nSPS) is 17.4. The summed E-state index contributed by atoms with van der Waals surface area (Å²) in [6.45, 7) is 2.25. The smallest absolute Gasteiger partial charge is 0.257 e. The number of nitrogens with zero attached hydrogens (tertiary/aromatic N) is 4. The van der Waals surface area contributed by atoms with Gasteiger partial charge in [0.1, 0.15) is 5.78 Å². The quantitative estimate of drug-likeness (QED) is 0.615. The number of hydrogen-bond acceptors (Lipinski definition) is 7. The van der Waals surface area contributed by atoms with E-state index in [-0.39, 0.29) is 24.0 Å². The highest BCUT2D eigenvalue weighted by atomic mass is 32.2. The molecule has 1 aromatic heterocycles. The molecule has 3 heterocycles. The lowest BCUT2D eigenvalue weighted by Gasteiger charge is -2.34. The molecule has 2 aromatic rings. The molecule has 0 bridgehead atoms. The van der Waals surface area contributed by atoms with E-state index in [2.05, 4.69) is 15.2 Å². The van der Waals surface area contributed by atoms with Crippen LogP contribution in [0.4, 0.5) is 22.7 Å². The molecular formula is C24H29N5O4S. The van der Waals surface area contributed by atoms with Gasteiger partial charge in [0, 0.05) is 45.2 Å². The van der Waals surface area contributed by atoms with E-state index in [0.29, 0.717) is 40.6 Å². The highest BCUT2D eigenvalue weighted by Gasteiger charge is 2.33. The summed E-state index contributed by atoms with van der Waals surface area (Å²) in [5.74, 6) is 0.146. The van der Waals surface area contributed by atoms with Crippen molar-refractivity contribution in [2.75, 3.05) is 48.0 Å². The molecule has 2 aliphatic heterocycles. The Hall–Kier alpha value is -3.14. The molecule has 180 valence electrons. The van der Waals surface area contributed by atoms with E-state index < -0.39 is 10.0 Å². The molecule has 3 aliphatic rings. The van der Waals surface area contributed by atoms with Crippen LogP contribution in [0.5, 0.6) is 0 Å². The molecule has 5 rings (SSSR count). The number of aromatic nitrogens is 1. The number of pyridine rings is 1. The van der Waals surface area contributed by atoms with Crippen LogP contribution < -0.4 is 14.5 Å². The largest absolute Gasteiger partial charge is 0.371 e. The molecule has 1 amide bonds. The topological polar surface area (TPSA) is 103 Å². The van der Waals surface area contributed by atoms with Crippen LogP contribution in [-0.2, 0) is 27.8 Å². The zero-order chi connectivity index (χ0) is 24.2. The maximum absolute atomic E-state index is 12.9. The predicted molar refractivity (Wildman–Crippen MR) is 131 cm³/mol. The van der Waals surface area contributed by atoms with Gasteiger partial charge in [0.05, 0.1) is 46.8 Å². The molecule has 0 atom stereocenters. The van der Waals surface area contributed by atoms with Gasteiger partial charge in [-0.25, -0.2) is 8.42 Å². The van der Waals surface area contributed by atoms with E-state index in [1.807, 2.05) is 18.2 Å². The maximum Gasteiger partial charge on any atom is 0.257 e. The molecular weight excluding hydrogens is 454 g/mol. The zero-order valence-electron chi connectivity index (χ0n) is 19.7.